The van der Waals surface area contributed by atoms with Crippen LogP contribution < -0.4 is 11.1 Å². The highest BCUT2D eigenvalue weighted by atomic mass is 35.5. The van der Waals surface area contributed by atoms with Crippen molar-refractivity contribution >= 4 is 18.3 Å². The normalized spacial score (nSPS) is 13.8. The average Bonchev–Trinajstić information content (AvgIpc) is 3.45. The SMILES string of the molecule is Cl.NCc1ccc(-c2noc(-c3ccc(CNC(=O)C4CCCC4)cc3)n2)cc1. The summed E-state index contributed by atoms with van der Waals surface area (Å²) >= 11 is 0. The van der Waals surface area contributed by atoms with Crippen molar-refractivity contribution in [3.8, 4) is 22.8 Å². The standard InChI is InChI=1S/C22H24N4O2.ClH/c23-13-15-5-9-17(10-6-15)20-25-22(28-26-20)19-11-7-16(8-12-19)14-24-21(27)18-3-1-2-4-18;/h5-12,18H,1-4,13-14,23H2,(H,24,27);1H. The highest BCUT2D eigenvalue weighted by molar-refractivity contribution is 5.85. The average molecular weight is 413 g/mol. The predicted octanol–water partition coefficient (Wildman–Crippen LogP) is 4.09. The first-order chi connectivity index (χ1) is 13.7. The Kier molecular flexibility index (Phi) is 7.01. The molecule has 3 N–H and O–H groups in total. The molecule has 152 valence electrons. The first kappa shape index (κ1) is 21.0. The van der Waals surface area contributed by atoms with Crippen LogP contribution in [0.2, 0.25) is 0 Å². The number of nitrogens with zero attached hydrogens (tertiary/aromatic N) is 2. The predicted molar refractivity (Wildman–Crippen MR) is 114 cm³/mol. The molecule has 0 atom stereocenters. The molecule has 0 saturated heterocycles. The molecule has 1 aliphatic rings. The summed E-state index contributed by atoms with van der Waals surface area (Å²) in [5, 5.41) is 7.11. The molecule has 0 spiro atoms. The molecule has 4 rings (SSSR count). The van der Waals surface area contributed by atoms with E-state index in [9.17, 15) is 4.79 Å². The molecule has 3 aromatic rings. The fraction of sp³-hybridized carbons (Fsp3) is 0.318. The molecule has 0 bridgehead atoms. The summed E-state index contributed by atoms with van der Waals surface area (Å²) in [4.78, 5) is 16.6. The lowest BCUT2D eigenvalue weighted by Gasteiger charge is -2.10. The summed E-state index contributed by atoms with van der Waals surface area (Å²) in [5.74, 6) is 1.38. The molecule has 1 fully saturated rings. The Balaban J connectivity index is 0.00000240. The van der Waals surface area contributed by atoms with E-state index >= 15 is 0 Å². The maximum absolute atomic E-state index is 12.1. The Morgan fingerprint density at radius 1 is 1.00 bits per heavy atom. The lowest BCUT2D eigenvalue weighted by atomic mass is 10.1. The van der Waals surface area contributed by atoms with Gasteiger partial charge in [0.05, 0.1) is 0 Å². The summed E-state index contributed by atoms with van der Waals surface area (Å²) < 4.78 is 5.41. The fourth-order valence-corrected chi connectivity index (χ4v) is 3.53. The van der Waals surface area contributed by atoms with Crippen LogP contribution in [0, 0.1) is 5.92 Å². The smallest absolute Gasteiger partial charge is 0.258 e. The van der Waals surface area contributed by atoms with Gasteiger partial charge in [-0.2, -0.15) is 4.98 Å². The van der Waals surface area contributed by atoms with Crippen LogP contribution in [0.15, 0.2) is 53.1 Å². The molecule has 0 aliphatic heterocycles. The number of aromatic nitrogens is 2. The van der Waals surface area contributed by atoms with Crippen LogP contribution in [0.4, 0.5) is 0 Å². The van der Waals surface area contributed by atoms with Gasteiger partial charge in [0.25, 0.3) is 5.89 Å². The van der Waals surface area contributed by atoms with Gasteiger partial charge in [0, 0.05) is 30.1 Å². The molecule has 29 heavy (non-hydrogen) atoms. The highest BCUT2D eigenvalue weighted by Crippen LogP contribution is 2.25. The second-order valence-electron chi connectivity index (χ2n) is 7.22. The van der Waals surface area contributed by atoms with Gasteiger partial charge in [0.1, 0.15) is 0 Å². The number of carbonyl (C=O) groups is 1. The Bertz CT molecular complexity index is 932. The molecular weight excluding hydrogens is 388 g/mol. The van der Waals surface area contributed by atoms with E-state index in [4.69, 9.17) is 10.3 Å². The van der Waals surface area contributed by atoms with Crippen molar-refractivity contribution in [2.75, 3.05) is 0 Å². The maximum Gasteiger partial charge on any atom is 0.258 e. The third-order valence-electron chi connectivity index (χ3n) is 5.27. The van der Waals surface area contributed by atoms with Crippen LogP contribution in [0.5, 0.6) is 0 Å². The zero-order valence-corrected chi connectivity index (χ0v) is 17.0. The third kappa shape index (κ3) is 5.02. The van der Waals surface area contributed by atoms with E-state index in [1.165, 1.54) is 0 Å². The Morgan fingerprint density at radius 3 is 2.28 bits per heavy atom. The zero-order valence-electron chi connectivity index (χ0n) is 16.1. The molecule has 0 radical (unpaired) electrons. The van der Waals surface area contributed by atoms with E-state index in [0.717, 1.165) is 47.9 Å². The Hall–Kier alpha value is -2.70. The van der Waals surface area contributed by atoms with Crippen LogP contribution in [-0.4, -0.2) is 16.0 Å². The second-order valence-corrected chi connectivity index (χ2v) is 7.22. The van der Waals surface area contributed by atoms with Gasteiger partial charge in [-0.15, -0.1) is 12.4 Å². The van der Waals surface area contributed by atoms with E-state index < -0.39 is 0 Å². The molecular formula is C22H25ClN4O2. The third-order valence-corrected chi connectivity index (χ3v) is 5.27. The maximum atomic E-state index is 12.1. The molecule has 1 amide bonds. The number of carbonyl (C=O) groups excluding carboxylic acids is 1. The minimum absolute atomic E-state index is 0. The lowest BCUT2D eigenvalue weighted by Crippen LogP contribution is -2.28. The van der Waals surface area contributed by atoms with Crippen molar-refractivity contribution < 1.29 is 9.32 Å². The van der Waals surface area contributed by atoms with Crippen LogP contribution in [0.1, 0.15) is 36.8 Å². The number of nitrogens with one attached hydrogen (secondary N) is 1. The summed E-state index contributed by atoms with van der Waals surface area (Å²) in [6, 6.07) is 15.6. The molecule has 1 saturated carbocycles. The van der Waals surface area contributed by atoms with E-state index in [0.29, 0.717) is 24.8 Å². The van der Waals surface area contributed by atoms with Crippen molar-refractivity contribution in [3.63, 3.8) is 0 Å². The minimum Gasteiger partial charge on any atom is -0.352 e. The van der Waals surface area contributed by atoms with Crippen molar-refractivity contribution in [2.45, 2.75) is 38.8 Å². The van der Waals surface area contributed by atoms with Gasteiger partial charge in [-0.3, -0.25) is 4.79 Å². The van der Waals surface area contributed by atoms with Gasteiger partial charge in [0.2, 0.25) is 11.7 Å². The Labute approximate surface area is 176 Å². The number of hydrogen-bond donors (Lipinski definition) is 2. The second kappa shape index (κ2) is 9.67. The topological polar surface area (TPSA) is 94.0 Å². The molecule has 0 unspecified atom stereocenters. The number of amides is 1. The van der Waals surface area contributed by atoms with Gasteiger partial charge in [-0.25, -0.2) is 0 Å². The Morgan fingerprint density at radius 2 is 1.62 bits per heavy atom. The monoisotopic (exact) mass is 412 g/mol. The largest absolute Gasteiger partial charge is 0.352 e. The first-order valence-corrected chi connectivity index (χ1v) is 9.73. The number of benzene rings is 2. The molecule has 6 nitrogen and oxygen atoms in total. The molecule has 1 aliphatic carbocycles. The summed E-state index contributed by atoms with van der Waals surface area (Å²) in [7, 11) is 0. The van der Waals surface area contributed by atoms with Gasteiger partial charge in [-0.05, 0) is 36.1 Å². The lowest BCUT2D eigenvalue weighted by molar-refractivity contribution is -0.124. The van der Waals surface area contributed by atoms with Crippen molar-refractivity contribution in [2.24, 2.45) is 11.7 Å². The van der Waals surface area contributed by atoms with Gasteiger partial charge < -0.3 is 15.6 Å². The highest BCUT2D eigenvalue weighted by Gasteiger charge is 2.22. The van der Waals surface area contributed by atoms with Crippen LogP contribution in [-0.2, 0) is 17.9 Å². The van der Waals surface area contributed by atoms with E-state index in [-0.39, 0.29) is 24.2 Å². The molecule has 2 aromatic carbocycles. The van der Waals surface area contributed by atoms with Gasteiger partial charge >= 0.3 is 0 Å². The van der Waals surface area contributed by atoms with Crippen molar-refractivity contribution in [3.05, 3.63) is 59.7 Å². The summed E-state index contributed by atoms with van der Waals surface area (Å²) in [6.45, 7) is 1.05. The number of nitrogens with two attached hydrogens (primary N) is 1. The molecule has 7 heteroatoms. The minimum atomic E-state index is 0. The number of hydrogen-bond acceptors (Lipinski definition) is 5. The van der Waals surface area contributed by atoms with E-state index in [2.05, 4.69) is 15.5 Å². The van der Waals surface area contributed by atoms with Crippen molar-refractivity contribution in [1.82, 2.24) is 15.5 Å². The first-order valence-electron chi connectivity index (χ1n) is 9.73. The van der Waals surface area contributed by atoms with Crippen LogP contribution in [0.25, 0.3) is 22.8 Å². The zero-order chi connectivity index (χ0) is 19.3. The van der Waals surface area contributed by atoms with Gasteiger partial charge in [-0.1, -0.05) is 54.4 Å². The summed E-state index contributed by atoms with van der Waals surface area (Å²) in [6.07, 6.45) is 4.35. The van der Waals surface area contributed by atoms with E-state index in [1.54, 1.807) is 0 Å². The van der Waals surface area contributed by atoms with Crippen molar-refractivity contribution in [1.29, 1.82) is 0 Å². The van der Waals surface area contributed by atoms with Crippen LogP contribution >= 0.6 is 12.4 Å². The van der Waals surface area contributed by atoms with E-state index in [1.807, 2.05) is 48.5 Å². The number of rotatable bonds is 6. The molecule has 1 heterocycles. The summed E-state index contributed by atoms with van der Waals surface area (Å²) in [5.41, 5.74) is 9.47. The fourth-order valence-electron chi connectivity index (χ4n) is 3.53. The van der Waals surface area contributed by atoms with Gasteiger partial charge in [0.15, 0.2) is 0 Å². The van der Waals surface area contributed by atoms with Crippen LogP contribution in [0.3, 0.4) is 0 Å². The molecule has 1 aromatic heterocycles. The quantitative estimate of drug-likeness (QED) is 0.635. The number of halogens is 1.